The van der Waals surface area contributed by atoms with E-state index >= 15 is 0 Å². The highest BCUT2D eigenvalue weighted by Gasteiger charge is 2.33. The normalized spacial score (nSPS) is 16.3. The van der Waals surface area contributed by atoms with Crippen molar-refractivity contribution in [1.29, 1.82) is 0 Å². The van der Waals surface area contributed by atoms with Crippen LogP contribution in [0.25, 0.3) is 16.9 Å². The second kappa shape index (κ2) is 8.34. The van der Waals surface area contributed by atoms with Crippen LogP contribution in [0.3, 0.4) is 0 Å². The summed E-state index contributed by atoms with van der Waals surface area (Å²) in [5.41, 5.74) is 4.58. The molecule has 5 rings (SSSR count). The van der Waals surface area contributed by atoms with E-state index in [4.69, 9.17) is 9.40 Å². The van der Waals surface area contributed by atoms with E-state index in [9.17, 15) is 9.59 Å². The Morgan fingerprint density at radius 2 is 1.94 bits per heavy atom. The van der Waals surface area contributed by atoms with Crippen LogP contribution in [0, 0.1) is 6.92 Å². The highest BCUT2D eigenvalue weighted by atomic mass is 16.3. The predicted molar refractivity (Wildman–Crippen MR) is 121 cm³/mol. The van der Waals surface area contributed by atoms with Gasteiger partial charge in [-0.3, -0.25) is 9.59 Å². The monoisotopic (exact) mass is 428 g/mol. The standard InChI is InChI=1S/C25H24N4O3/c1-17-6-4-13-28-16-20(27-23(17)28)18-9-11-19(12-10-18)26-24(30)21-7-2-3-14-29(21)25(31)22-8-5-15-32-22/h4-6,8-13,15-16,21H,2-3,7,14H2,1H3,(H,26,30). The minimum absolute atomic E-state index is 0.180. The van der Waals surface area contributed by atoms with Crippen molar-refractivity contribution in [1.82, 2.24) is 14.3 Å². The number of hydrogen-bond donors (Lipinski definition) is 1. The molecule has 0 aliphatic carbocycles. The molecule has 1 fully saturated rings. The molecular weight excluding hydrogens is 404 g/mol. The SMILES string of the molecule is Cc1cccn2cc(-c3ccc(NC(=O)C4CCCCN4C(=O)c4ccco4)cc3)nc12. The predicted octanol–water partition coefficient (Wildman–Crippen LogP) is 4.54. The molecule has 0 spiro atoms. The number of nitrogens with zero attached hydrogens (tertiary/aromatic N) is 3. The summed E-state index contributed by atoms with van der Waals surface area (Å²) >= 11 is 0. The average Bonchev–Trinajstić information content (AvgIpc) is 3.50. The Bertz CT molecular complexity index is 1260. The number of furan rings is 1. The van der Waals surface area contributed by atoms with Gasteiger partial charge in [-0.05, 0) is 62.1 Å². The zero-order chi connectivity index (χ0) is 22.1. The van der Waals surface area contributed by atoms with Gasteiger partial charge in [0.15, 0.2) is 5.76 Å². The molecule has 2 amide bonds. The van der Waals surface area contributed by atoms with Crippen molar-refractivity contribution in [2.45, 2.75) is 32.2 Å². The number of nitrogens with one attached hydrogen (secondary N) is 1. The summed E-state index contributed by atoms with van der Waals surface area (Å²) in [7, 11) is 0. The molecular formula is C25H24N4O3. The van der Waals surface area contributed by atoms with Gasteiger partial charge in [0.25, 0.3) is 5.91 Å². The molecule has 4 aromatic rings. The number of carbonyl (C=O) groups is 2. The number of amides is 2. The molecule has 0 saturated carbocycles. The van der Waals surface area contributed by atoms with Gasteiger partial charge in [0, 0.05) is 30.2 Å². The number of piperidine rings is 1. The van der Waals surface area contributed by atoms with Crippen molar-refractivity contribution in [3.05, 3.63) is 78.5 Å². The molecule has 0 bridgehead atoms. The number of imidazole rings is 1. The summed E-state index contributed by atoms with van der Waals surface area (Å²) in [5, 5.41) is 2.97. The number of hydrogen-bond acceptors (Lipinski definition) is 4. The maximum Gasteiger partial charge on any atom is 0.290 e. The lowest BCUT2D eigenvalue weighted by Crippen LogP contribution is -2.49. The molecule has 162 valence electrons. The number of likely N-dealkylation sites (tertiary alicyclic amines) is 1. The van der Waals surface area contributed by atoms with Crippen LogP contribution in [-0.2, 0) is 4.79 Å². The van der Waals surface area contributed by atoms with Crippen molar-refractivity contribution in [2.75, 3.05) is 11.9 Å². The second-order valence-corrected chi connectivity index (χ2v) is 8.10. The second-order valence-electron chi connectivity index (χ2n) is 8.10. The van der Waals surface area contributed by atoms with Gasteiger partial charge < -0.3 is 19.0 Å². The van der Waals surface area contributed by atoms with Crippen LogP contribution in [0.4, 0.5) is 5.69 Å². The fourth-order valence-electron chi connectivity index (χ4n) is 4.23. The maximum absolute atomic E-state index is 13.0. The van der Waals surface area contributed by atoms with E-state index in [2.05, 4.69) is 5.32 Å². The van der Waals surface area contributed by atoms with Crippen LogP contribution in [0.2, 0.25) is 0 Å². The first-order chi connectivity index (χ1) is 15.6. The minimum atomic E-state index is -0.512. The first-order valence-electron chi connectivity index (χ1n) is 10.8. The molecule has 7 nitrogen and oxygen atoms in total. The highest BCUT2D eigenvalue weighted by molar-refractivity contribution is 6.00. The largest absolute Gasteiger partial charge is 0.459 e. The number of aromatic nitrogens is 2. The zero-order valence-electron chi connectivity index (χ0n) is 17.8. The van der Waals surface area contributed by atoms with Crippen LogP contribution in [-0.4, -0.2) is 38.7 Å². The Morgan fingerprint density at radius 1 is 1.09 bits per heavy atom. The van der Waals surface area contributed by atoms with Gasteiger partial charge >= 0.3 is 0 Å². The first-order valence-corrected chi connectivity index (χ1v) is 10.8. The molecule has 7 heteroatoms. The molecule has 1 aliphatic rings. The van der Waals surface area contributed by atoms with Crippen molar-refractivity contribution in [2.24, 2.45) is 0 Å². The maximum atomic E-state index is 13.0. The molecule has 32 heavy (non-hydrogen) atoms. The fraction of sp³-hybridized carbons (Fsp3) is 0.240. The Balaban J connectivity index is 1.31. The Morgan fingerprint density at radius 3 is 2.69 bits per heavy atom. The van der Waals surface area contributed by atoms with Crippen LogP contribution < -0.4 is 5.32 Å². The molecule has 1 N–H and O–H groups in total. The van der Waals surface area contributed by atoms with E-state index in [1.54, 1.807) is 17.0 Å². The van der Waals surface area contributed by atoms with Gasteiger partial charge in [-0.25, -0.2) is 4.98 Å². The number of anilines is 1. The summed E-state index contributed by atoms with van der Waals surface area (Å²) in [6.45, 7) is 2.58. The average molecular weight is 428 g/mol. The van der Waals surface area contributed by atoms with Crippen LogP contribution in [0.5, 0.6) is 0 Å². The summed E-state index contributed by atoms with van der Waals surface area (Å²) in [6, 6.07) is 14.5. The number of carbonyl (C=O) groups excluding carboxylic acids is 2. The van der Waals surface area contributed by atoms with Crippen molar-refractivity contribution in [3.63, 3.8) is 0 Å². The first kappa shape index (κ1) is 20.1. The van der Waals surface area contributed by atoms with Crippen molar-refractivity contribution >= 4 is 23.1 Å². The van der Waals surface area contributed by atoms with Gasteiger partial charge in [0.2, 0.25) is 5.91 Å². The lowest BCUT2D eigenvalue weighted by Gasteiger charge is -2.34. The molecule has 1 saturated heterocycles. The lowest BCUT2D eigenvalue weighted by atomic mass is 10.0. The summed E-state index contributed by atoms with van der Waals surface area (Å²) in [6.07, 6.45) is 7.87. The van der Waals surface area contributed by atoms with Crippen LogP contribution >= 0.6 is 0 Å². The number of fused-ring (bicyclic) bond motifs is 1. The number of rotatable bonds is 4. The van der Waals surface area contributed by atoms with Crippen molar-refractivity contribution < 1.29 is 14.0 Å². The molecule has 4 heterocycles. The third-order valence-corrected chi connectivity index (χ3v) is 5.92. The van der Waals surface area contributed by atoms with Gasteiger partial charge in [-0.15, -0.1) is 0 Å². The molecule has 3 aromatic heterocycles. The van der Waals surface area contributed by atoms with Gasteiger partial charge in [0.05, 0.1) is 12.0 Å². The Kier molecular flexibility index (Phi) is 5.23. The third kappa shape index (κ3) is 3.77. The van der Waals surface area contributed by atoms with Gasteiger partial charge in [0.1, 0.15) is 11.7 Å². The van der Waals surface area contributed by atoms with Crippen LogP contribution in [0.15, 0.2) is 71.6 Å². The molecule has 0 radical (unpaired) electrons. The van der Waals surface area contributed by atoms with E-state index in [-0.39, 0.29) is 17.6 Å². The minimum Gasteiger partial charge on any atom is -0.459 e. The van der Waals surface area contributed by atoms with Crippen molar-refractivity contribution in [3.8, 4) is 11.3 Å². The van der Waals surface area contributed by atoms with E-state index in [1.807, 2.05) is 60.1 Å². The Labute approximate surface area is 185 Å². The molecule has 1 aromatic carbocycles. The van der Waals surface area contributed by atoms with E-state index < -0.39 is 6.04 Å². The lowest BCUT2D eigenvalue weighted by molar-refractivity contribution is -0.121. The fourth-order valence-corrected chi connectivity index (χ4v) is 4.23. The molecule has 1 atom stereocenters. The highest BCUT2D eigenvalue weighted by Crippen LogP contribution is 2.24. The van der Waals surface area contributed by atoms with E-state index in [0.717, 1.165) is 35.3 Å². The third-order valence-electron chi connectivity index (χ3n) is 5.92. The Hall–Kier alpha value is -3.87. The summed E-state index contributed by atoms with van der Waals surface area (Å²) < 4.78 is 7.26. The molecule has 1 unspecified atom stereocenters. The van der Waals surface area contributed by atoms with Gasteiger partial charge in [-0.2, -0.15) is 0 Å². The number of benzene rings is 1. The van der Waals surface area contributed by atoms with E-state index in [1.165, 1.54) is 6.26 Å². The smallest absolute Gasteiger partial charge is 0.290 e. The quantitative estimate of drug-likeness (QED) is 0.518. The summed E-state index contributed by atoms with van der Waals surface area (Å²) in [5.74, 6) is -0.162. The summed E-state index contributed by atoms with van der Waals surface area (Å²) in [4.78, 5) is 32.1. The number of pyridine rings is 1. The van der Waals surface area contributed by atoms with E-state index in [0.29, 0.717) is 18.7 Å². The number of aryl methyl sites for hydroxylation is 1. The zero-order valence-corrected chi connectivity index (χ0v) is 17.8. The topological polar surface area (TPSA) is 79.9 Å². The van der Waals surface area contributed by atoms with Gasteiger partial charge in [-0.1, -0.05) is 18.2 Å². The van der Waals surface area contributed by atoms with Crippen LogP contribution in [0.1, 0.15) is 35.4 Å². The molecule has 1 aliphatic heterocycles.